The highest BCUT2D eigenvalue weighted by atomic mass is 16.5. The van der Waals surface area contributed by atoms with Gasteiger partial charge in [0, 0.05) is 13.5 Å². The lowest BCUT2D eigenvalue weighted by atomic mass is 9.79. The number of hydrogen-bond donors (Lipinski definition) is 1. The Morgan fingerprint density at radius 3 is 2.67 bits per heavy atom. The van der Waals surface area contributed by atoms with Crippen LogP contribution in [0.4, 0.5) is 0 Å². The molecule has 1 aromatic heterocycles. The summed E-state index contributed by atoms with van der Waals surface area (Å²) in [5, 5.41) is 4.07. The van der Waals surface area contributed by atoms with E-state index in [-0.39, 0.29) is 5.60 Å². The molecule has 5 nitrogen and oxygen atoms in total. The molecular formula is C13H23N3O2. The zero-order valence-electron chi connectivity index (χ0n) is 11.2. The van der Waals surface area contributed by atoms with Crippen molar-refractivity contribution in [1.82, 2.24) is 10.1 Å². The Bertz CT molecular complexity index is 355. The van der Waals surface area contributed by atoms with Crippen molar-refractivity contribution in [3.05, 3.63) is 11.7 Å². The predicted molar refractivity (Wildman–Crippen MR) is 68.1 cm³/mol. The van der Waals surface area contributed by atoms with E-state index in [1.165, 1.54) is 19.3 Å². The van der Waals surface area contributed by atoms with Crippen molar-refractivity contribution < 1.29 is 9.26 Å². The third-order valence-corrected chi connectivity index (χ3v) is 3.77. The van der Waals surface area contributed by atoms with Gasteiger partial charge in [0.25, 0.3) is 0 Å². The Morgan fingerprint density at radius 2 is 2.06 bits per heavy atom. The monoisotopic (exact) mass is 253 g/mol. The van der Waals surface area contributed by atoms with Crippen molar-refractivity contribution in [3.63, 3.8) is 0 Å². The summed E-state index contributed by atoms with van der Waals surface area (Å²) in [7, 11) is 1.72. The van der Waals surface area contributed by atoms with Gasteiger partial charge in [-0.3, -0.25) is 0 Å². The molecule has 1 aromatic rings. The van der Waals surface area contributed by atoms with Crippen LogP contribution in [0.5, 0.6) is 0 Å². The lowest BCUT2D eigenvalue weighted by Gasteiger charge is -2.37. The summed E-state index contributed by atoms with van der Waals surface area (Å²) in [5.74, 6) is 1.47. The van der Waals surface area contributed by atoms with E-state index in [1.807, 2.05) is 0 Å². The van der Waals surface area contributed by atoms with E-state index >= 15 is 0 Å². The van der Waals surface area contributed by atoms with Gasteiger partial charge in [-0.25, -0.2) is 0 Å². The molecule has 0 atom stereocenters. The van der Waals surface area contributed by atoms with Crippen LogP contribution >= 0.6 is 0 Å². The minimum absolute atomic E-state index is 0.263. The number of methoxy groups -OCH3 is 1. The number of nitrogens with zero attached hydrogens (tertiary/aromatic N) is 2. The van der Waals surface area contributed by atoms with Crippen molar-refractivity contribution in [1.29, 1.82) is 0 Å². The van der Waals surface area contributed by atoms with E-state index in [9.17, 15) is 0 Å². The van der Waals surface area contributed by atoms with Gasteiger partial charge >= 0.3 is 0 Å². The Hall–Kier alpha value is -0.940. The number of hydrogen-bond acceptors (Lipinski definition) is 5. The maximum Gasteiger partial charge on any atom is 0.226 e. The zero-order chi connectivity index (χ0) is 12.8. The predicted octanol–water partition coefficient (Wildman–Crippen LogP) is 2.16. The Balaban J connectivity index is 1.79. The van der Waals surface area contributed by atoms with E-state index in [2.05, 4.69) is 10.1 Å². The summed E-state index contributed by atoms with van der Waals surface area (Å²) in [4.78, 5) is 4.47. The molecule has 1 aliphatic rings. The van der Waals surface area contributed by atoms with Crippen LogP contribution < -0.4 is 5.73 Å². The first-order valence-corrected chi connectivity index (χ1v) is 6.89. The normalized spacial score (nSPS) is 17.7. The minimum atomic E-state index is -0.263. The molecule has 0 aliphatic heterocycles. The molecule has 2 N–H and O–H groups in total. The van der Waals surface area contributed by atoms with Crippen LogP contribution in [-0.4, -0.2) is 23.8 Å². The number of aryl methyl sites for hydroxylation is 1. The van der Waals surface area contributed by atoms with Gasteiger partial charge in [-0.05, 0) is 38.6 Å². The summed E-state index contributed by atoms with van der Waals surface area (Å²) >= 11 is 0. The van der Waals surface area contributed by atoms with E-state index in [0.29, 0.717) is 0 Å². The van der Waals surface area contributed by atoms with Gasteiger partial charge in [-0.1, -0.05) is 18.0 Å². The highest BCUT2D eigenvalue weighted by Crippen LogP contribution is 2.42. The molecular weight excluding hydrogens is 230 g/mol. The maximum absolute atomic E-state index is 5.53. The lowest BCUT2D eigenvalue weighted by Crippen LogP contribution is -2.37. The van der Waals surface area contributed by atoms with Crippen LogP contribution in [0.1, 0.15) is 56.7 Å². The number of aromatic nitrogens is 2. The fourth-order valence-corrected chi connectivity index (χ4v) is 2.33. The van der Waals surface area contributed by atoms with Crippen LogP contribution in [0, 0.1) is 0 Å². The highest BCUT2D eigenvalue weighted by molar-refractivity contribution is 5.06. The van der Waals surface area contributed by atoms with E-state index < -0.39 is 0 Å². The number of ether oxygens (including phenoxy) is 1. The second kappa shape index (κ2) is 6.29. The molecule has 102 valence electrons. The average molecular weight is 253 g/mol. The van der Waals surface area contributed by atoms with Gasteiger partial charge in [0.15, 0.2) is 0 Å². The summed E-state index contributed by atoms with van der Waals surface area (Å²) in [6.45, 7) is 0.779. The first kappa shape index (κ1) is 13.5. The fourth-order valence-electron chi connectivity index (χ4n) is 2.33. The molecule has 5 heteroatoms. The zero-order valence-corrected chi connectivity index (χ0v) is 11.2. The molecule has 1 fully saturated rings. The quantitative estimate of drug-likeness (QED) is 0.719. The molecule has 1 heterocycles. The first-order valence-electron chi connectivity index (χ1n) is 6.89. The second-order valence-electron chi connectivity index (χ2n) is 5.02. The van der Waals surface area contributed by atoms with Crippen LogP contribution in [-0.2, 0) is 16.8 Å². The van der Waals surface area contributed by atoms with Crippen molar-refractivity contribution >= 4 is 0 Å². The van der Waals surface area contributed by atoms with Gasteiger partial charge in [0.2, 0.25) is 11.7 Å². The second-order valence-corrected chi connectivity index (χ2v) is 5.02. The molecule has 0 amide bonds. The van der Waals surface area contributed by atoms with Gasteiger partial charge < -0.3 is 15.0 Å². The number of nitrogens with two attached hydrogens (primary N) is 1. The van der Waals surface area contributed by atoms with Crippen LogP contribution in [0.15, 0.2) is 4.52 Å². The SMILES string of the molecule is COC1(c2noc(CCCCCCN)n2)CCC1. The Morgan fingerprint density at radius 1 is 1.28 bits per heavy atom. The molecule has 1 aliphatic carbocycles. The van der Waals surface area contributed by atoms with Crippen molar-refractivity contribution in [2.24, 2.45) is 5.73 Å². The highest BCUT2D eigenvalue weighted by Gasteiger charge is 2.43. The molecule has 18 heavy (non-hydrogen) atoms. The topological polar surface area (TPSA) is 74.2 Å². The van der Waals surface area contributed by atoms with E-state index in [1.54, 1.807) is 7.11 Å². The molecule has 2 rings (SSSR count). The number of rotatable bonds is 8. The smallest absolute Gasteiger partial charge is 0.226 e. The van der Waals surface area contributed by atoms with Crippen LogP contribution in [0.25, 0.3) is 0 Å². The third-order valence-electron chi connectivity index (χ3n) is 3.77. The van der Waals surface area contributed by atoms with Crippen molar-refractivity contribution in [2.45, 2.75) is 57.0 Å². The first-order chi connectivity index (χ1) is 8.80. The Labute approximate surface area is 108 Å². The van der Waals surface area contributed by atoms with Crippen molar-refractivity contribution in [2.75, 3.05) is 13.7 Å². The van der Waals surface area contributed by atoms with Crippen LogP contribution in [0.2, 0.25) is 0 Å². The van der Waals surface area contributed by atoms with Gasteiger partial charge in [-0.2, -0.15) is 4.98 Å². The van der Waals surface area contributed by atoms with Gasteiger partial charge in [-0.15, -0.1) is 0 Å². The molecule has 0 spiro atoms. The average Bonchev–Trinajstić information content (AvgIpc) is 2.77. The molecule has 0 radical (unpaired) electrons. The molecule has 0 aromatic carbocycles. The summed E-state index contributed by atoms with van der Waals surface area (Å²) in [6, 6.07) is 0. The Kier molecular flexibility index (Phi) is 4.72. The largest absolute Gasteiger partial charge is 0.370 e. The van der Waals surface area contributed by atoms with E-state index in [4.69, 9.17) is 15.0 Å². The fraction of sp³-hybridized carbons (Fsp3) is 0.846. The van der Waals surface area contributed by atoms with Crippen molar-refractivity contribution in [3.8, 4) is 0 Å². The van der Waals surface area contributed by atoms with Gasteiger partial charge in [0.05, 0.1) is 0 Å². The van der Waals surface area contributed by atoms with Crippen LogP contribution in [0.3, 0.4) is 0 Å². The maximum atomic E-state index is 5.53. The third kappa shape index (κ3) is 2.90. The van der Waals surface area contributed by atoms with Gasteiger partial charge in [0.1, 0.15) is 5.60 Å². The molecule has 0 bridgehead atoms. The molecule has 1 saturated carbocycles. The summed E-state index contributed by atoms with van der Waals surface area (Å²) < 4.78 is 10.8. The number of unbranched alkanes of at least 4 members (excludes halogenated alkanes) is 3. The molecule has 0 saturated heterocycles. The minimum Gasteiger partial charge on any atom is -0.370 e. The lowest BCUT2D eigenvalue weighted by molar-refractivity contribution is -0.0858. The van der Waals surface area contributed by atoms with E-state index in [0.717, 1.165) is 50.4 Å². The molecule has 0 unspecified atom stereocenters. The standard InChI is InChI=1S/C13H23N3O2/c1-17-13(8-6-9-13)12-15-11(18-16-12)7-4-2-3-5-10-14/h2-10,14H2,1H3. The summed E-state index contributed by atoms with van der Waals surface area (Å²) in [5.41, 5.74) is 5.19. The summed E-state index contributed by atoms with van der Waals surface area (Å²) in [6.07, 6.45) is 8.57.